The number of fused-ring (bicyclic) bond motifs is 1. The van der Waals surface area contributed by atoms with Gasteiger partial charge in [0.2, 0.25) is 0 Å². The van der Waals surface area contributed by atoms with Gasteiger partial charge in [0.1, 0.15) is 24.5 Å². The minimum Gasteiger partial charge on any atom is -0.495 e. The molecule has 0 saturated carbocycles. The van der Waals surface area contributed by atoms with Gasteiger partial charge in [-0.2, -0.15) is 0 Å². The van der Waals surface area contributed by atoms with E-state index in [1.165, 1.54) is 19.2 Å². The van der Waals surface area contributed by atoms with Gasteiger partial charge in [0.15, 0.2) is 11.5 Å². The number of nitrogens with one attached hydrogen (secondary N) is 1. The largest absolute Gasteiger partial charge is 0.495 e. The molecule has 0 saturated heterocycles. The van der Waals surface area contributed by atoms with E-state index in [4.69, 9.17) is 14.2 Å². The van der Waals surface area contributed by atoms with Crippen molar-refractivity contribution < 1.29 is 23.9 Å². The first-order valence-electron chi connectivity index (χ1n) is 7.53. The van der Waals surface area contributed by atoms with E-state index < -0.39 is 10.8 Å². The molecule has 2 aromatic rings. The van der Waals surface area contributed by atoms with Crippen LogP contribution in [0.1, 0.15) is 15.9 Å². The van der Waals surface area contributed by atoms with E-state index >= 15 is 0 Å². The number of carbonyl (C=O) groups is 1. The highest BCUT2D eigenvalue weighted by atomic mass is 16.6. The quantitative estimate of drug-likeness (QED) is 0.676. The number of benzene rings is 2. The van der Waals surface area contributed by atoms with Crippen LogP contribution in [0, 0.1) is 17.0 Å². The minimum absolute atomic E-state index is 0.113. The molecule has 0 atom stereocenters. The number of nitro benzene ring substituents is 1. The Morgan fingerprint density at radius 2 is 1.88 bits per heavy atom. The predicted molar refractivity (Wildman–Crippen MR) is 89.8 cm³/mol. The number of carbonyl (C=O) groups excluding carboxylic acids is 1. The molecule has 3 rings (SSSR count). The molecule has 0 aliphatic carbocycles. The van der Waals surface area contributed by atoms with Crippen molar-refractivity contribution in [2.24, 2.45) is 0 Å². The Morgan fingerprint density at radius 1 is 1.20 bits per heavy atom. The van der Waals surface area contributed by atoms with Gasteiger partial charge >= 0.3 is 0 Å². The van der Waals surface area contributed by atoms with E-state index in [-0.39, 0.29) is 17.0 Å². The van der Waals surface area contributed by atoms with Crippen molar-refractivity contribution >= 4 is 17.3 Å². The fourth-order valence-corrected chi connectivity index (χ4v) is 2.52. The molecule has 25 heavy (non-hydrogen) atoms. The summed E-state index contributed by atoms with van der Waals surface area (Å²) in [7, 11) is 1.48. The lowest BCUT2D eigenvalue weighted by Crippen LogP contribution is -2.19. The Balaban J connectivity index is 1.99. The van der Waals surface area contributed by atoms with Crippen molar-refractivity contribution in [1.29, 1.82) is 0 Å². The summed E-state index contributed by atoms with van der Waals surface area (Å²) in [6.45, 7) is 2.48. The third kappa shape index (κ3) is 3.32. The highest BCUT2D eigenvalue weighted by molar-refractivity contribution is 6.08. The summed E-state index contributed by atoms with van der Waals surface area (Å²) >= 11 is 0. The zero-order valence-corrected chi connectivity index (χ0v) is 13.7. The van der Waals surface area contributed by atoms with E-state index in [0.29, 0.717) is 30.4 Å². The zero-order valence-electron chi connectivity index (χ0n) is 13.7. The maximum Gasteiger partial charge on any atom is 0.286 e. The molecule has 1 heterocycles. The lowest BCUT2D eigenvalue weighted by molar-refractivity contribution is -0.385. The first-order chi connectivity index (χ1) is 12.0. The zero-order chi connectivity index (χ0) is 18.0. The van der Waals surface area contributed by atoms with Crippen LogP contribution in [-0.4, -0.2) is 31.2 Å². The number of ether oxygens (including phenoxy) is 3. The number of nitrogens with zero attached hydrogens (tertiary/aromatic N) is 1. The highest BCUT2D eigenvalue weighted by Gasteiger charge is 2.26. The van der Waals surface area contributed by atoms with Gasteiger partial charge < -0.3 is 19.5 Å². The lowest BCUT2D eigenvalue weighted by Gasteiger charge is -2.19. The first-order valence-corrected chi connectivity index (χ1v) is 7.53. The number of methoxy groups -OCH3 is 1. The maximum absolute atomic E-state index is 12.6. The average Bonchev–Trinajstić information content (AvgIpc) is 2.60. The van der Waals surface area contributed by atoms with Crippen LogP contribution in [0.4, 0.5) is 11.4 Å². The summed E-state index contributed by atoms with van der Waals surface area (Å²) in [5.41, 5.74) is 0.871. The van der Waals surface area contributed by atoms with Gasteiger partial charge in [-0.15, -0.1) is 0 Å². The number of nitro groups is 1. The van der Waals surface area contributed by atoms with Crippen LogP contribution in [0.15, 0.2) is 30.3 Å². The van der Waals surface area contributed by atoms with Crippen molar-refractivity contribution in [2.75, 3.05) is 25.6 Å². The molecule has 1 aliphatic rings. The van der Waals surface area contributed by atoms with Crippen molar-refractivity contribution in [3.05, 3.63) is 51.6 Å². The molecule has 8 nitrogen and oxygen atoms in total. The van der Waals surface area contributed by atoms with Crippen LogP contribution in [0.5, 0.6) is 17.2 Å². The second-order valence-electron chi connectivity index (χ2n) is 5.43. The van der Waals surface area contributed by atoms with Gasteiger partial charge in [-0.25, -0.2) is 0 Å². The van der Waals surface area contributed by atoms with Crippen LogP contribution in [-0.2, 0) is 0 Å². The van der Waals surface area contributed by atoms with Crippen LogP contribution in [0.25, 0.3) is 0 Å². The molecule has 2 aromatic carbocycles. The van der Waals surface area contributed by atoms with Crippen molar-refractivity contribution in [3.8, 4) is 17.2 Å². The van der Waals surface area contributed by atoms with Gasteiger partial charge in [-0.05, 0) is 24.6 Å². The van der Waals surface area contributed by atoms with Crippen LogP contribution < -0.4 is 19.5 Å². The lowest BCUT2D eigenvalue weighted by atomic mass is 10.1. The topological polar surface area (TPSA) is 99.9 Å². The molecule has 1 aliphatic heterocycles. The summed E-state index contributed by atoms with van der Waals surface area (Å²) in [5, 5.41) is 14.0. The minimum atomic E-state index is -0.632. The average molecular weight is 344 g/mol. The van der Waals surface area contributed by atoms with Crippen molar-refractivity contribution in [2.45, 2.75) is 6.92 Å². The second kappa shape index (κ2) is 6.68. The fourth-order valence-electron chi connectivity index (χ4n) is 2.52. The molecule has 0 spiro atoms. The van der Waals surface area contributed by atoms with Gasteiger partial charge in [-0.3, -0.25) is 14.9 Å². The number of amides is 1. The monoisotopic (exact) mass is 344 g/mol. The number of rotatable bonds is 4. The van der Waals surface area contributed by atoms with Crippen molar-refractivity contribution in [1.82, 2.24) is 0 Å². The third-order valence-corrected chi connectivity index (χ3v) is 3.71. The summed E-state index contributed by atoms with van der Waals surface area (Å²) in [6.07, 6.45) is 0. The molecule has 8 heteroatoms. The Kier molecular flexibility index (Phi) is 4.42. The Morgan fingerprint density at radius 3 is 2.52 bits per heavy atom. The molecular weight excluding hydrogens is 328 g/mol. The molecule has 0 radical (unpaired) electrons. The molecular formula is C17H16N2O6. The number of hydrogen-bond acceptors (Lipinski definition) is 6. The van der Waals surface area contributed by atoms with Gasteiger partial charge in [-0.1, -0.05) is 6.07 Å². The van der Waals surface area contributed by atoms with E-state index in [1.54, 1.807) is 12.1 Å². The molecule has 1 N–H and O–H groups in total. The molecule has 1 amide bonds. The smallest absolute Gasteiger partial charge is 0.286 e. The van der Waals surface area contributed by atoms with E-state index in [2.05, 4.69) is 5.32 Å². The van der Waals surface area contributed by atoms with Crippen LogP contribution >= 0.6 is 0 Å². The molecule has 0 bridgehead atoms. The Hall–Kier alpha value is -3.29. The normalized spacial score (nSPS) is 12.4. The third-order valence-electron chi connectivity index (χ3n) is 3.71. The molecule has 0 unspecified atom stereocenters. The number of anilines is 1. The van der Waals surface area contributed by atoms with Gasteiger partial charge in [0, 0.05) is 6.07 Å². The van der Waals surface area contributed by atoms with E-state index in [9.17, 15) is 14.9 Å². The predicted octanol–water partition coefficient (Wildman–Crippen LogP) is 2.94. The van der Waals surface area contributed by atoms with Crippen LogP contribution in [0.3, 0.4) is 0 Å². The summed E-state index contributed by atoms with van der Waals surface area (Å²) < 4.78 is 16.0. The fraction of sp³-hybridized carbons (Fsp3) is 0.235. The molecule has 0 fully saturated rings. The number of aryl methyl sites for hydroxylation is 1. The number of hydrogen-bond donors (Lipinski definition) is 1. The standard InChI is InChI=1S/C17H16N2O6/c1-10-3-4-14(23-2)12(7-10)18-17(20)11-8-15-16(25-6-5-24-15)9-13(11)19(21)22/h3-4,7-9H,5-6H2,1-2H3,(H,18,20). The van der Waals surface area contributed by atoms with E-state index in [1.807, 2.05) is 13.0 Å². The highest BCUT2D eigenvalue weighted by Crippen LogP contribution is 2.37. The van der Waals surface area contributed by atoms with E-state index in [0.717, 1.165) is 5.56 Å². The Bertz CT molecular complexity index is 849. The van der Waals surface area contributed by atoms with Crippen molar-refractivity contribution in [3.63, 3.8) is 0 Å². The second-order valence-corrected chi connectivity index (χ2v) is 5.43. The molecule has 130 valence electrons. The Labute approximate surface area is 143 Å². The summed E-state index contributed by atoms with van der Waals surface area (Å²) in [5.74, 6) is 0.382. The van der Waals surface area contributed by atoms with Gasteiger partial charge in [0.25, 0.3) is 11.6 Å². The SMILES string of the molecule is COc1ccc(C)cc1NC(=O)c1cc2c(cc1[N+](=O)[O-])OCCO2. The first kappa shape index (κ1) is 16.6. The maximum atomic E-state index is 12.6. The van der Waals surface area contributed by atoms with Gasteiger partial charge in [0.05, 0.1) is 23.8 Å². The summed E-state index contributed by atoms with van der Waals surface area (Å²) in [4.78, 5) is 23.4. The van der Waals surface area contributed by atoms with Crippen LogP contribution in [0.2, 0.25) is 0 Å². The molecule has 0 aromatic heterocycles. The summed E-state index contributed by atoms with van der Waals surface area (Å²) in [6, 6.07) is 7.80.